The van der Waals surface area contributed by atoms with Crippen LogP contribution in [0, 0.1) is 10.8 Å². The number of rotatable bonds is 0. The van der Waals surface area contributed by atoms with Crippen molar-refractivity contribution in [3.05, 3.63) is 0 Å². The highest BCUT2D eigenvalue weighted by molar-refractivity contribution is 5.29. The monoisotopic (exact) mass is 78.0 g/mol. The first-order valence-electron chi connectivity index (χ1n) is 0.500. The molecule has 0 rings (SSSR count). The number of hydrogen-bond donors (Lipinski definition) is 2. The zero-order valence-electron chi connectivity index (χ0n) is 2.88. The van der Waals surface area contributed by atoms with Crippen molar-refractivity contribution in [2.45, 2.75) is 0 Å². The van der Waals surface area contributed by atoms with Crippen molar-refractivity contribution < 1.29 is 13.8 Å². The summed E-state index contributed by atoms with van der Waals surface area (Å²) in [5, 5.41) is 11.2. The molecule has 2 nitrogen and oxygen atoms in total. The SMILES string of the molecule is N=C=N.[Cl-].[H+]. The van der Waals surface area contributed by atoms with Crippen LogP contribution < -0.4 is 12.4 Å². The van der Waals surface area contributed by atoms with Crippen molar-refractivity contribution in [3.8, 4) is 0 Å². The molecule has 0 bridgehead atoms. The summed E-state index contributed by atoms with van der Waals surface area (Å²) in [5.41, 5.74) is 0. The Labute approximate surface area is 31.7 Å². The fraction of sp³-hybridized carbons (Fsp3) is 0. The fourth-order valence-electron chi connectivity index (χ4n) is 0. The fourth-order valence-corrected chi connectivity index (χ4v) is 0. The maximum atomic E-state index is 5.62. The smallest absolute Gasteiger partial charge is 1.00 e. The van der Waals surface area contributed by atoms with Crippen molar-refractivity contribution in [2.75, 3.05) is 0 Å². The van der Waals surface area contributed by atoms with Crippen LogP contribution in [-0.4, -0.2) is 6.01 Å². The summed E-state index contributed by atoms with van der Waals surface area (Å²) in [6.07, 6.45) is 0. The average molecular weight is 78.5 g/mol. The highest BCUT2D eigenvalue weighted by Crippen LogP contribution is 0.920. The Kier molecular flexibility index (Phi) is 38.9. The molecule has 0 aromatic heterocycles. The minimum atomic E-state index is 0. The lowest BCUT2D eigenvalue weighted by Gasteiger charge is -1.09. The third-order valence-corrected chi connectivity index (χ3v) is 0. The predicted molar refractivity (Wildman–Crippen MR) is 11.6 cm³/mol. The third kappa shape index (κ3) is 6.88. The molecular formula is CH3ClN2. The summed E-state index contributed by atoms with van der Waals surface area (Å²) in [6.45, 7) is 0. The van der Waals surface area contributed by atoms with E-state index in [4.69, 9.17) is 10.8 Å². The second-order valence-corrected chi connectivity index (χ2v) is 0.125. The Morgan fingerprint density at radius 2 is 1.50 bits per heavy atom. The quantitative estimate of drug-likeness (QED) is 0.300. The summed E-state index contributed by atoms with van der Waals surface area (Å²) in [6, 6.07) is 1.25. The molecule has 24 valence electrons. The van der Waals surface area contributed by atoms with Crippen LogP contribution in [0.4, 0.5) is 0 Å². The molecule has 0 aliphatic heterocycles. The molecule has 0 heterocycles. The van der Waals surface area contributed by atoms with Gasteiger partial charge in [-0.1, -0.05) is 0 Å². The van der Waals surface area contributed by atoms with Gasteiger partial charge in [0, 0.05) is 0 Å². The van der Waals surface area contributed by atoms with Crippen molar-refractivity contribution in [1.82, 2.24) is 0 Å². The molecule has 0 aliphatic rings. The van der Waals surface area contributed by atoms with E-state index in [0.717, 1.165) is 0 Å². The van der Waals surface area contributed by atoms with Gasteiger partial charge in [0.2, 0.25) is 0 Å². The van der Waals surface area contributed by atoms with E-state index < -0.39 is 0 Å². The van der Waals surface area contributed by atoms with Crippen LogP contribution in [0.15, 0.2) is 0 Å². The minimum absolute atomic E-state index is 0. The molecular weight excluding hydrogens is 75.5 g/mol. The van der Waals surface area contributed by atoms with E-state index in [-0.39, 0.29) is 13.8 Å². The van der Waals surface area contributed by atoms with Crippen LogP contribution in [0.1, 0.15) is 1.43 Å². The van der Waals surface area contributed by atoms with Gasteiger partial charge in [-0.3, -0.25) is 0 Å². The minimum Gasteiger partial charge on any atom is -1.00 e. The topological polar surface area (TPSA) is 47.7 Å². The molecule has 0 unspecified atom stereocenters. The van der Waals surface area contributed by atoms with E-state index in [1.807, 2.05) is 0 Å². The zero-order valence-corrected chi connectivity index (χ0v) is 2.63. The lowest BCUT2D eigenvalue weighted by atomic mass is 11.6. The first kappa shape index (κ1) is 9.38. The molecule has 2 N–H and O–H groups in total. The maximum Gasteiger partial charge on any atom is 1.00 e. The number of halogens is 1. The van der Waals surface area contributed by atoms with Gasteiger partial charge in [0.25, 0.3) is 0 Å². The van der Waals surface area contributed by atoms with Gasteiger partial charge in [-0.2, -0.15) is 0 Å². The summed E-state index contributed by atoms with van der Waals surface area (Å²) < 4.78 is 0. The normalized spacial score (nSPS) is 2.00. The Morgan fingerprint density at radius 3 is 1.50 bits per heavy atom. The van der Waals surface area contributed by atoms with Gasteiger partial charge >= 0.3 is 1.43 Å². The van der Waals surface area contributed by atoms with Crippen molar-refractivity contribution in [1.29, 1.82) is 10.8 Å². The molecule has 0 aromatic carbocycles. The number of hydrogen-bond acceptors (Lipinski definition) is 2. The van der Waals surface area contributed by atoms with E-state index in [9.17, 15) is 0 Å². The van der Waals surface area contributed by atoms with Crippen molar-refractivity contribution in [3.63, 3.8) is 0 Å². The largest absolute Gasteiger partial charge is 1.00 e. The molecule has 0 atom stereocenters. The van der Waals surface area contributed by atoms with Gasteiger partial charge in [-0.15, -0.1) is 0 Å². The molecule has 3 heteroatoms. The standard InChI is InChI=1S/CH2N2.ClH/c2-1-3;/h2-3H;1H. The second kappa shape index (κ2) is 16.6. The predicted octanol–water partition coefficient (Wildman–Crippen LogP) is -2.57. The highest BCUT2D eigenvalue weighted by Gasteiger charge is 0.934. The van der Waals surface area contributed by atoms with Gasteiger partial charge in [0.05, 0.1) is 6.01 Å². The zero-order chi connectivity index (χ0) is 2.71. The van der Waals surface area contributed by atoms with E-state index in [0.29, 0.717) is 0 Å². The van der Waals surface area contributed by atoms with E-state index >= 15 is 0 Å². The summed E-state index contributed by atoms with van der Waals surface area (Å²) >= 11 is 0. The molecule has 0 saturated carbocycles. The molecule has 0 aliphatic carbocycles. The van der Waals surface area contributed by atoms with Gasteiger partial charge in [-0.05, 0) is 0 Å². The van der Waals surface area contributed by atoms with Gasteiger partial charge in [0.15, 0.2) is 0 Å². The summed E-state index contributed by atoms with van der Waals surface area (Å²) in [7, 11) is 0. The van der Waals surface area contributed by atoms with Crippen LogP contribution >= 0.6 is 0 Å². The lowest BCUT2D eigenvalue weighted by molar-refractivity contribution is -0.00000115. The van der Waals surface area contributed by atoms with Crippen molar-refractivity contribution in [2.24, 2.45) is 0 Å². The van der Waals surface area contributed by atoms with Crippen molar-refractivity contribution >= 4 is 6.01 Å². The van der Waals surface area contributed by atoms with Crippen LogP contribution in [0.25, 0.3) is 0 Å². The lowest BCUT2D eigenvalue weighted by Crippen LogP contribution is -3.00. The third-order valence-electron chi connectivity index (χ3n) is 0. The first-order chi connectivity index (χ1) is 1.41. The van der Waals surface area contributed by atoms with E-state index in [1.165, 1.54) is 6.01 Å². The second-order valence-electron chi connectivity index (χ2n) is 0.125. The van der Waals surface area contributed by atoms with Gasteiger partial charge in [0.1, 0.15) is 0 Å². The van der Waals surface area contributed by atoms with Crippen LogP contribution in [0.5, 0.6) is 0 Å². The summed E-state index contributed by atoms with van der Waals surface area (Å²) in [4.78, 5) is 0. The molecule has 0 aromatic rings. The number of nitrogens with one attached hydrogen (secondary N) is 2. The molecule has 0 spiro atoms. The summed E-state index contributed by atoms with van der Waals surface area (Å²) in [5.74, 6) is 0. The Morgan fingerprint density at radius 1 is 1.50 bits per heavy atom. The highest BCUT2D eigenvalue weighted by atomic mass is 35.5. The average Bonchev–Trinajstić information content (AvgIpc) is 0.918. The molecule has 0 amide bonds. The van der Waals surface area contributed by atoms with E-state index in [2.05, 4.69) is 0 Å². The molecule has 4 heavy (non-hydrogen) atoms. The van der Waals surface area contributed by atoms with E-state index in [1.54, 1.807) is 0 Å². The molecule has 0 radical (unpaired) electrons. The maximum absolute atomic E-state index is 5.62. The Hall–Kier alpha value is -0.330. The van der Waals surface area contributed by atoms with Crippen LogP contribution in [-0.2, 0) is 0 Å². The molecule has 0 fully saturated rings. The van der Waals surface area contributed by atoms with Gasteiger partial charge < -0.3 is 12.4 Å². The Bertz CT molecular complexity index is 30.6. The van der Waals surface area contributed by atoms with Crippen LogP contribution in [0.2, 0.25) is 0 Å². The first-order valence-corrected chi connectivity index (χ1v) is 0.500. The molecule has 0 saturated heterocycles. The Balaban J connectivity index is -0.0000000200. The van der Waals surface area contributed by atoms with Crippen LogP contribution in [0.3, 0.4) is 0 Å². The van der Waals surface area contributed by atoms with Gasteiger partial charge in [-0.25, -0.2) is 10.8 Å².